The maximum atomic E-state index is 13.4. The molecule has 0 atom stereocenters. The van der Waals surface area contributed by atoms with E-state index in [2.05, 4.69) is 15.3 Å². The van der Waals surface area contributed by atoms with Crippen molar-refractivity contribution in [2.24, 2.45) is 0 Å². The number of nitrogens with zero attached hydrogens (tertiary/aromatic N) is 3. The number of thiazole rings is 1. The number of anilines is 1. The molecule has 0 aliphatic heterocycles. The topological polar surface area (TPSA) is 50.7 Å². The molecule has 2 aliphatic rings. The van der Waals surface area contributed by atoms with Crippen LogP contribution in [0.15, 0.2) is 11.4 Å². The van der Waals surface area contributed by atoms with Gasteiger partial charge in [0.25, 0.3) is 0 Å². The lowest BCUT2D eigenvalue weighted by Crippen LogP contribution is -2.32. The monoisotopic (exact) mass is 364 g/mol. The van der Waals surface area contributed by atoms with E-state index in [1.165, 1.54) is 6.42 Å². The molecule has 0 aromatic carbocycles. The normalized spacial score (nSPS) is 21.1. The van der Waals surface area contributed by atoms with Gasteiger partial charge in [0.05, 0.1) is 0 Å². The Morgan fingerprint density at radius 3 is 2.48 bits per heavy atom. The summed E-state index contributed by atoms with van der Waals surface area (Å²) in [5, 5.41) is 6.18. The average Bonchev–Trinajstić information content (AvgIpc) is 2.94. The molecule has 0 radical (unpaired) electrons. The summed E-state index contributed by atoms with van der Waals surface area (Å²) in [6, 6.07) is 2.05. The van der Waals surface area contributed by atoms with Crippen molar-refractivity contribution in [2.45, 2.75) is 69.8 Å². The Balaban J connectivity index is 1.58. The summed E-state index contributed by atoms with van der Waals surface area (Å²) < 4.78 is 26.7. The predicted octanol–water partition coefficient (Wildman–Crippen LogP) is 5.17. The lowest BCUT2D eigenvalue weighted by atomic mass is 9.83. The molecule has 0 spiro atoms. The van der Waals surface area contributed by atoms with Crippen LogP contribution in [-0.2, 0) is 0 Å². The Bertz CT molecular complexity index is 747. The van der Waals surface area contributed by atoms with Gasteiger partial charge in [-0.05, 0) is 32.6 Å². The number of aryl methyl sites for hydroxylation is 1. The van der Waals surface area contributed by atoms with Gasteiger partial charge in [-0.2, -0.15) is 0 Å². The van der Waals surface area contributed by atoms with E-state index >= 15 is 0 Å². The fourth-order valence-electron chi connectivity index (χ4n) is 3.40. The number of hydrogen-bond acceptors (Lipinski definition) is 5. The third-order valence-electron chi connectivity index (χ3n) is 5.15. The van der Waals surface area contributed by atoms with Crippen molar-refractivity contribution in [1.82, 2.24) is 15.0 Å². The van der Waals surface area contributed by atoms with Crippen LogP contribution >= 0.6 is 11.3 Å². The highest BCUT2D eigenvalue weighted by Gasteiger charge is 2.35. The van der Waals surface area contributed by atoms with Crippen molar-refractivity contribution < 1.29 is 8.78 Å². The van der Waals surface area contributed by atoms with E-state index in [-0.39, 0.29) is 18.9 Å². The van der Waals surface area contributed by atoms with Gasteiger partial charge in [-0.3, -0.25) is 0 Å². The van der Waals surface area contributed by atoms with E-state index in [0.29, 0.717) is 24.6 Å². The fourth-order valence-corrected chi connectivity index (χ4v) is 4.13. The minimum atomic E-state index is -2.51. The van der Waals surface area contributed by atoms with Gasteiger partial charge in [0.1, 0.15) is 5.82 Å². The summed E-state index contributed by atoms with van der Waals surface area (Å²) in [6.07, 6.45) is 4.39. The minimum absolute atomic E-state index is 0.0506. The Hall–Kier alpha value is -1.63. The minimum Gasteiger partial charge on any atom is -0.367 e. The third kappa shape index (κ3) is 3.81. The van der Waals surface area contributed by atoms with Crippen molar-refractivity contribution in [3.05, 3.63) is 22.8 Å². The predicted molar refractivity (Wildman–Crippen MR) is 95.3 cm³/mol. The Labute approximate surface area is 150 Å². The highest BCUT2D eigenvalue weighted by atomic mass is 32.1. The first-order valence-corrected chi connectivity index (χ1v) is 9.82. The quantitative estimate of drug-likeness (QED) is 0.813. The number of hydrogen-bond donors (Lipinski definition) is 1. The van der Waals surface area contributed by atoms with Crippen LogP contribution in [0.1, 0.15) is 62.3 Å². The molecular formula is C18H22F2N4S. The van der Waals surface area contributed by atoms with Gasteiger partial charge < -0.3 is 5.32 Å². The fraction of sp³-hybridized carbons (Fsp3) is 0.611. The molecule has 2 aromatic rings. The molecule has 2 fully saturated rings. The maximum Gasteiger partial charge on any atom is 0.248 e. The van der Waals surface area contributed by atoms with Crippen LogP contribution in [0.5, 0.6) is 0 Å². The summed E-state index contributed by atoms with van der Waals surface area (Å²) in [5.74, 6) is -0.634. The molecule has 0 saturated heterocycles. The maximum absolute atomic E-state index is 13.4. The van der Waals surface area contributed by atoms with Gasteiger partial charge in [-0.1, -0.05) is 6.42 Å². The molecule has 2 heterocycles. The third-order valence-corrected chi connectivity index (χ3v) is 6.10. The molecule has 0 unspecified atom stereocenters. The zero-order valence-corrected chi connectivity index (χ0v) is 15.1. The first kappa shape index (κ1) is 16.8. The molecule has 4 nitrogen and oxygen atoms in total. The van der Waals surface area contributed by atoms with Gasteiger partial charge in [0.2, 0.25) is 5.92 Å². The first-order chi connectivity index (χ1) is 12.0. The largest absolute Gasteiger partial charge is 0.367 e. The summed E-state index contributed by atoms with van der Waals surface area (Å²) in [5.41, 5.74) is 2.01. The number of nitrogens with one attached hydrogen (secondary N) is 1. The molecule has 1 N–H and O–H groups in total. The zero-order valence-electron chi connectivity index (χ0n) is 14.3. The van der Waals surface area contributed by atoms with Gasteiger partial charge in [0.15, 0.2) is 10.8 Å². The second-order valence-corrected chi connectivity index (χ2v) is 8.06. The standard InChI is InChI=1S/C18H22F2N4S/c1-11-10-25-17(21-11)16-23-14(12-3-2-4-12)9-15(24-16)22-13-5-7-18(19,20)8-6-13/h9-10,12-13H,2-8H2,1H3,(H,22,23,24). The highest BCUT2D eigenvalue weighted by molar-refractivity contribution is 7.13. The molecule has 0 amide bonds. The molecule has 4 rings (SSSR count). The van der Waals surface area contributed by atoms with Crippen molar-refractivity contribution in [3.8, 4) is 10.8 Å². The highest BCUT2D eigenvalue weighted by Crippen LogP contribution is 2.38. The number of aromatic nitrogens is 3. The van der Waals surface area contributed by atoms with E-state index < -0.39 is 5.92 Å². The smallest absolute Gasteiger partial charge is 0.248 e. The van der Waals surface area contributed by atoms with Crippen LogP contribution < -0.4 is 5.32 Å². The van der Waals surface area contributed by atoms with Crippen molar-refractivity contribution in [3.63, 3.8) is 0 Å². The first-order valence-electron chi connectivity index (χ1n) is 8.94. The Morgan fingerprint density at radius 1 is 1.12 bits per heavy atom. The molecule has 25 heavy (non-hydrogen) atoms. The van der Waals surface area contributed by atoms with Crippen LogP contribution in [0.2, 0.25) is 0 Å². The van der Waals surface area contributed by atoms with Crippen molar-refractivity contribution >= 4 is 17.2 Å². The molecular weight excluding hydrogens is 342 g/mol. The zero-order chi connectivity index (χ0) is 17.4. The molecule has 2 aromatic heterocycles. The average molecular weight is 364 g/mol. The summed E-state index contributed by atoms with van der Waals surface area (Å²) in [4.78, 5) is 13.9. The van der Waals surface area contributed by atoms with E-state index in [1.807, 2.05) is 18.4 Å². The number of halogens is 2. The lowest BCUT2D eigenvalue weighted by Gasteiger charge is -2.30. The summed E-state index contributed by atoms with van der Waals surface area (Å²) >= 11 is 1.54. The van der Waals surface area contributed by atoms with Gasteiger partial charge in [-0.15, -0.1) is 11.3 Å². The molecule has 134 valence electrons. The Morgan fingerprint density at radius 2 is 1.88 bits per heavy atom. The van der Waals surface area contributed by atoms with Gasteiger partial charge >= 0.3 is 0 Å². The van der Waals surface area contributed by atoms with Gasteiger partial charge in [-0.25, -0.2) is 23.7 Å². The van der Waals surface area contributed by atoms with Crippen LogP contribution in [0.25, 0.3) is 10.8 Å². The number of alkyl halides is 2. The SMILES string of the molecule is Cc1csc(-c2nc(NC3CCC(F)(F)CC3)cc(C3CCC3)n2)n1. The van der Waals surface area contributed by atoms with E-state index in [9.17, 15) is 8.78 Å². The van der Waals surface area contributed by atoms with Crippen LogP contribution in [0.4, 0.5) is 14.6 Å². The van der Waals surface area contributed by atoms with Crippen LogP contribution in [-0.4, -0.2) is 26.9 Å². The van der Waals surface area contributed by atoms with E-state index in [4.69, 9.17) is 4.98 Å². The second kappa shape index (κ2) is 6.59. The lowest BCUT2D eigenvalue weighted by molar-refractivity contribution is -0.0361. The molecule has 2 saturated carbocycles. The van der Waals surface area contributed by atoms with Crippen LogP contribution in [0.3, 0.4) is 0 Å². The second-order valence-electron chi connectivity index (χ2n) is 7.20. The molecule has 2 aliphatic carbocycles. The summed E-state index contributed by atoms with van der Waals surface area (Å²) in [7, 11) is 0. The summed E-state index contributed by atoms with van der Waals surface area (Å²) in [6.45, 7) is 1.96. The Kier molecular flexibility index (Phi) is 4.43. The van der Waals surface area contributed by atoms with E-state index in [0.717, 1.165) is 35.1 Å². The van der Waals surface area contributed by atoms with Crippen LogP contribution in [0, 0.1) is 6.92 Å². The molecule has 0 bridgehead atoms. The molecule has 7 heteroatoms. The van der Waals surface area contributed by atoms with Crippen molar-refractivity contribution in [1.29, 1.82) is 0 Å². The number of rotatable bonds is 4. The van der Waals surface area contributed by atoms with Crippen molar-refractivity contribution in [2.75, 3.05) is 5.32 Å². The van der Waals surface area contributed by atoms with Gasteiger partial charge in [0, 0.05) is 47.6 Å². The van der Waals surface area contributed by atoms with E-state index in [1.54, 1.807) is 11.3 Å².